The monoisotopic (exact) mass is 376 g/mol. The van der Waals surface area contributed by atoms with Crippen molar-refractivity contribution in [1.82, 2.24) is 21.1 Å². The molecule has 0 unspecified atom stereocenters. The third-order valence-corrected chi connectivity index (χ3v) is 3.95. The quantitative estimate of drug-likeness (QED) is 0.394. The number of allylic oxidation sites excluding steroid dienone is 1. The molecular weight excluding hydrogens is 360 g/mol. The van der Waals surface area contributed by atoms with Crippen molar-refractivity contribution in [3.63, 3.8) is 0 Å². The van der Waals surface area contributed by atoms with Crippen molar-refractivity contribution in [2.75, 3.05) is 6.54 Å². The van der Waals surface area contributed by atoms with E-state index in [1.54, 1.807) is 25.1 Å². The second-order valence-electron chi connectivity index (χ2n) is 5.27. The Bertz CT molecular complexity index is 806. The van der Waals surface area contributed by atoms with E-state index in [2.05, 4.69) is 22.7 Å². The van der Waals surface area contributed by atoms with E-state index < -0.39 is 29.7 Å². The Kier molecular flexibility index (Phi) is 6.13. The van der Waals surface area contributed by atoms with Gasteiger partial charge in [0.25, 0.3) is 5.91 Å². The average Bonchev–Trinajstić information content (AvgIpc) is 2.61. The first-order chi connectivity index (χ1) is 12.4. The molecule has 0 spiro atoms. The summed E-state index contributed by atoms with van der Waals surface area (Å²) in [5.41, 5.74) is 5.29. The molecule has 1 fully saturated rings. The minimum Gasteiger partial charge on any atom is -0.301 e. The van der Waals surface area contributed by atoms with Crippen molar-refractivity contribution in [2.45, 2.75) is 6.92 Å². The highest BCUT2D eigenvalue weighted by atomic mass is 35.5. The van der Waals surface area contributed by atoms with Gasteiger partial charge in [0.1, 0.15) is 0 Å². The number of hydrogen-bond acceptors (Lipinski definition) is 5. The third-order valence-electron chi connectivity index (χ3n) is 3.62. The van der Waals surface area contributed by atoms with Crippen LogP contribution in [0, 0.1) is 5.92 Å². The molecule has 9 heteroatoms. The lowest BCUT2D eigenvalue weighted by Crippen LogP contribution is -2.60. The van der Waals surface area contributed by atoms with E-state index in [0.29, 0.717) is 0 Å². The van der Waals surface area contributed by atoms with E-state index in [1.807, 2.05) is 0 Å². The molecule has 0 aliphatic carbocycles. The lowest BCUT2D eigenvalue weighted by molar-refractivity contribution is -0.140. The molecular formula is C17H17ClN4O4. The van der Waals surface area contributed by atoms with Gasteiger partial charge in [-0.1, -0.05) is 35.9 Å². The van der Waals surface area contributed by atoms with Crippen molar-refractivity contribution >= 4 is 35.4 Å². The summed E-state index contributed by atoms with van der Waals surface area (Å²) in [4.78, 5) is 49.4. The van der Waals surface area contributed by atoms with Gasteiger partial charge in [-0.05, 0) is 19.1 Å². The lowest BCUT2D eigenvalue weighted by Gasteiger charge is -2.30. The fourth-order valence-electron chi connectivity index (χ4n) is 2.34. The van der Waals surface area contributed by atoms with Crippen LogP contribution >= 0.6 is 11.6 Å². The predicted molar refractivity (Wildman–Crippen MR) is 94.7 cm³/mol. The summed E-state index contributed by atoms with van der Waals surface area (Å²) >= 11 is 5.96. The molecule has 8 nitrogen and oxygen atoms in total. The van der Waals surface area contributed by atoms with Crippen LogP contribution in [0.2, 0.25) is 5.02 Å². The summed E-state index contributed by atoms with van der Waals surface area (Å²) in [5, 5.41) is 2.36. The molecule has 0 radical (unpaired) electrons. The second-order valence-corrected chi connectivity index (χ2v) is 5.68. The fourth-order valence-corrected chi connectivity index (χ4v) is 2.56. The van der Waals surface area contributed by atoms with Gasteiger partial charge in [-0.2, -0.15) is 0 Å². The molecule has 1 saturated heterocycles. The summed E-state index contributed by atoms with van der Waals surface area (Å²) in [5.74, 6) is -3.35. The first-order valence-electron chi connectivity index (χ1n) is 7.64. The molecule has 1 aromatic carbocycles. The number of hydrogen-bond donors (Lipinski definition) is 3. The highest BCUT2D eigenvalue weighted by molar-refractivity contribution is 6.33. The molecule has 0 saturated carbocycles. The molecule has 1 aliphatic heterocycles. The number of benzene rings is 1. The maximum absolute atomic E-state index is 12.5. The summed E-state index contributed by atoms with van der Waals surface area (Å²) in [6.45, 7) is 5.01. The minimum absolute atomic E-state index is 0.0442. The van der Waals surface area contributed by atoms with E-state index in [9.17, 15) is 19.2 Å². The first kappa shape index (κ1) is 19.2. The highest BCUT2D eigenvalue weighted by Crippen LogP contribution is 2.18. The van der Waals surface area contributed by atoms with Crippen LogP contribution in [-0.4, -0.2) is 35.2 Å². The number of carbonyl (C=O) groups is 4. The normalized spacial score (nSPS) is 17.6. The summed E-state index contributed by atoms with van der Waals surface area (Å²) in [6.07, 6.45) is 2.82. The van der Waals surface area contributed by atoms with Gasteiger partial charge in [-0.15, -0.1) is 6.58 Å². The van der Waals surface area contributed by atoms with Crippen LogP contribution in [0.5, 0.6) is 0 Å². The molecule has 1 atom stereocenters. The van der Waals surface area contributed by atoms with Gasteiger partial charge in [0.15, 0.2) is 5.92 Å². The number of rotatable bonds is 6. The van der Waals surface area contributed by atoms with E-state index >= 15 is 0 Å². The number of carbonyl (C=O) groups excluding carboxylic acids is 4. The Morgan fingerprint density at radius 2 is 2.00 bits per heavy atom. The number of halogens is 1. The van der Waals surface area contributed by atoms with Crippen LogP contribution in [0.3, 0.4) is 0 Å². The molecule has 5 amide bonds. The van der Waals surface area contributed by atoms with Crippen LogP contribution in [0.25, 0.3) is 0 Å². The van der Waals surface area contributed by atoms with E-state index in [0.717, 1.165) is 4.90 Å². The molecule has 1 heterocycles. The average molecular weight is 377 g/mol. The standard InChI is InChI=1S/C17H17ClN4O4/c1-3-9-22-16(25)13(15(24)19-17(22)26)12(4-2)20-21-14(23)10-7-5-6-8-11(10)18/h3-8,13,20H,1,9H2,2H3,(H,21,23)(H,19,24,26)/b12-4+/t13-/m0/s1. The van der Waals surface area contributed by atoms with Crippen LogP contribution in [0.4, 0.5) is 4.79 Å². The lowest BCUT2D eigenvalue weighted by atomic mass is 10.0. The van der Waals surface area contributed by atoms with Crippen molar-refractivity contribution in [3.8, 4) is 0 Å². The van der Waals surface area contributed by atoms with Crippen LogP contribution in [-0.2, 0) is 9.59 Å². The molecule has 26 heavy (non-hydrogen) atoms. The van der Waals surface area contributed by atoms with Crippen molar-refractivity contribution < 1.29 is 19.2 Å². The number of imide groups is 2. The fraction of sp³-hybridized carbons (Fsp3) is 0.176. The van der Waals surface area contributed by atoms with E-state index in [1.165, 1.54) is 18.2 Å². The maximum Gasteiger partial charge on any atom is 0.331 e. The SMILES string of the molecule is C=CCN1C(=O)NC(=O)[C@H](/C(=C\C)NNC(=O)c2ccccc2Cl)C1=O. The van der Waals surface area contributed by atoms with Gasteiger partial charge in [0.2, 0.25) is 11.8 Å². The first-order valence-corrected chi connectivity index (χ1v) is 8.02. The van der Waals surface area contributed by atoms with Gasteiger partial charge < -0.3 is 5.43 Å². The number of barbiturate groups is 1. The van der Waals surface area contributed by atoms with Crippen LogP contribution < -0.4 is 16.2 Å². The Balaban J connectivity index is 2.15. The van der Waals surface area contributed by atoms with Gasteiger partial charge >= 0.3 is 6.03 Å². The van der Waals surface area contributed by atoms with Crippen molar-refractivity contribution in [1.29, 1.82) is 0 Å². The summed E-state index contributed by atoms with van der Waals surface area (Å²) in [7, 11) is 0. The maximum atomic E-state index is 12.5. The Labute approximate surface area is 154 Å². The van der Waals surface area contributed by atoms with Crippen LogP contribution in [0.15, 0.2) is 48.7 Å². The van der Waals surface area contributed by atoms with Gasteiger partial charge in [0.05, 0.1) is 10.6 Å². The minimum atomic E-state index is -1.30. The zero-order valence-corrected chi connectivity index (χ0v) is 14.7. The molecule has 1 aromatic rings. The van der Waals surface area contributed by atoms with Gasteiger partial charge in [-0.3, -0.25) is 30.0 Å². The van der Waals surface area contributed by atoms with E-state index in [4.69, 9.17) is 11.6 Å². The topological polar surface area (TPSA) is 108 Å². The van der Waals surface area contributed by atoms with Crippen LogP contribution in [0.1, 0.15) is 17.3 Å². The molecule has 136 valence electrons. The zero-order chi connectivity index (χ0) is 19.3. The second kappa shape index (κ2) is 8.30. The largest absolute Gasteiger partial charge is 0.331 e. The molecule has 2 rings (SSSR count). The van der Waals surface area contributed by atoms with Crippen molar-refractivity contribution in [2.24, 2.45) is 5.92 Å². The summed E-state index contributed by atoms with van der Waals surface area (Å²) < 4.78 is 0. The number of amides is 5. The molecule has 0 bridgehead atoms. The number of urea groups is 1. The predicted octanol–water partition coefficient (Wildman–Crippen LogP) is 1.36. The van der Waals surface area contributed by atoms with Gasteiger partial charge in [-0.25, -0.2) is 4.79 Å². The zero-order valence-electron chi connectivity index (χ0n) is 13.9. The highest BCUT2D eigenvalue weighted by Gasteiger charge is 2.42. The Hall–Kier alpha value is -3.13. The summed E-state index contributed by atoms with van der Waals surface area (Å²) in [6, 6.07) is 5.60. The number of nitrogens with zero attached hydrogens (tertiary/aromatic N) is 1. The smallest absolute Gasteiger partial charge is 0.301 e. The molecule has 1 aliphatic rings. The number of nitrogens with one attached hydrogen (secondary N) is 3. The van der Waals surface area contributed by atoms with Gasteiger partial charge in [0, 0.05) is 12.2 Å². The van der Waals surface area contributed by atoms with Crippen molar-refractivity contribution in [3.05, 3.63) is 59.3 Å². The Morgan fingerprint density at radius 1 is 1.31 bits per heavy atom. The van der Waals surface area contributed by atoms with E-state index in [-0.39, 0.29) is 22.8 Å². The molecule has 0 aromatic heterocycles. The number of hydrazine groups is 1. The Morgan fingerprint density at radius 3 is 2.62 bits per heavy atom. The third kappa shape index (κ3) is 3.92. The molecule has 3 N–H and O–H groups in total.